The van der Waals surface area contributed by atoms with Crippen molar-refractivity contribution in [3.63, 3.8) is 0 Å². The van der Waals surface area contributed by atoms with E-state index in [-0.39, 0.29) is 17.5 Å². The monoisotopic (exact) mass is 531 g/mol. The average Bonchev–Trinajstić information content (AvgIpc) is 3.39. The van der Waals surface area contributed by atoms with Crippen molar-refractivity contribution in [1.82, 2.24) is 9.88 Å². The van der Waals surface area contributed by atoms with Crippen molar-refractivity contribution in [2.24, 2.45) is 0 Å². The number of halogens is 3. The van der Waals surface area contributed by atoms with Crippen LogP contribution in [-0.4, -0.2) is 48.0 Å². The highest BCUT2D eigenvalue weighted by Gasteiger charge is 2.31. The molecule has 2 heterocycles. The van der Waals surface area contributed by atoms with Gasteiger partial charge < -0.3 is 15.0 Å². The molecule has 1 fully saturated rings. The molecule has 1 N–H and O–H groups in total. The summed E-state index contributed by atoms with van der Waals surface area (Å²) in [5, 5.41) is 5.34. The van der Waals surface area contributed by atoms with Gasteiger partial charge >= 0.3 is 6.18 Å². The van der Waals surface area contributed by atoms with E-state index in [0.717, 1.165) is 30.0 Å². The zero-order valence-corrected chi connectivity index (χ0v) is 21.2. The van der Waals surface area contributed by atoms with E-state index < -0.39 is 17.6 Å². The number of hydrogen-bond acceptors (Lipinski definition) is 5. The minimum absolute atomic E-state index is 0.0885. The Morgan fingerprint density at radius 2 is 1.89 bits per heavy atom. The molecule has 1 saturated heterocycles. The number of anilines is 1. The number of nitrogens with one attached hydrogen (secondary N) is 1. The van der Waals surface area contributed by atoms with Crippen molar-refractivity contribution in [2.75, 3.05) is 31.6 Å². The Morgan fingerprint density at radius 1 is 1.14 bits per heavy atom. The van der Waals surface area contributed by atoms with Crippen LogP contribution in [0.2, 0.25) is 0 Å². The van der Waals surface area contributed by atoms with Crippen molar-refractivity contribution in [1.29, 1.82) is 0 Å². The van der Waals surface area contributed by atoms with Crippen LogP contribution < -0.4 is 5.32 Å². The number of likely N-dealkylation sites (tertiary alicyclic amines) is 1. The molecule has 6 nitrogen and oxygen atoms in total. The lowest BCUT2D eigenvalue weighted by Gasteiger charge is -2.31. The number of ether oxygens (including phenoxy) is 1. The van der Waals surface area contributed by atoms with Crippen molar-refractivity contribution in [2.45, 2.75) is 38.3 Å². The first-order valence-electron chi connectivity index (χ1n) is 12.1. The minimum atomic E-state index is -4.46. The molecule has 0 radical (unpaired) electrons. The number of carbonyl (C=O) groups excluding carboxylic acids is 2. The van der Waals surface area contributed by atoms with Gasteiger partial charge in [0.1, 0.15) is 5.69 Å². The SMILES string of the molecule is CCOCCC(=O)N1CCC(c2nc(C(=O)Nc3ccccc3-c3cccc(C(F)(F)F)c3)cs2)CC1. The highest BCUT2D eigenvalue weighted by atomic mass is 32.1. The summed E-state index contributed by atoms with van der Waals surface area (Å²) < 4.78 is 44.8. The molecule has 1 aromatic heterocycles. The number of amides is 2. The topological polar surface area (TPSA) is 71.5 Å². The smallest absolute Gasteiger partial charge is 0.381 e. The quantitative estimate of drug-likeness (QED) is 0.351. The fourth-order valence-corrected chi connectivity index (χ4v) is 5.28. The zero-order valence-electron chi connectivity index (χ0n) is 20.4. The van der Waals surface area contributed by atoms with Crippen molar-refractivity contribution >= 4 is 28.8 Å². The Morgan fingerprint density at radius 3 is 2.62 bits per heavy atom. The molecular weight excluding hydrogens is 503 g/mol. The van der Waals surface area contributed by atoms with Crippen LogP contribution in [0.5, 0.6) is 0 Å². The summed E-state index contributed by atoms with van der Waals surface area (Å²) in [5.74, 6) is -0.170. The molecule has 2 amide bonds. The second-order valence-electron chi connectivity index (χ2n) is 8.75. The molecular formula is C27H28F3N3O3S. The van der Waals surface area contributed by atoms with E-state index in [4.69, 9.17) is 4.74 Å². The lowest BCUT2D eigenvalue weighted by Crippen LogP contribution is -2.38. The number of rotatable bonds is 8. The van der Waals surface area contributed by atoms with Crippen LogP contribution in [0.1, 0.15) is 53.2 Å². The number of hydrogen-bond donors (Lipinski definition) is 1. The first-order valence-corrected chi connectivity index (χ1v) is 13.0. The van der Waals surface area contributed by atoms with Crippen molar-refractivity contribution < 1.29 is 27.5 Å². The van der Waals surface area contributed by atoms with Crippen LogP contribution in [0.3, 0.4) is 0 Å². The number of benzene rings is 2. The van der Waals surface area contributed by atoms with Crippen LogP contribution in [-0.2, 0) is 15.7 Å². The van der Waals surface area contributed by atoms with Gasteiger partial charge in [-0.1, -0.05) is 30.3 Å². The highest BCUT2D eigenvalue weighted by molar-refractivity contribution is 7.10. The first-order chi connectivity index (χ1) is 17.8. The average molecular weight is 532 g/mol. The van der Waals surface area contributed by atoms with Gasteiger partial charge in [0.15, 0.2) is 0 Å². The van der Waals surface area contributed by atoms with Gasteiger partial charge in [-0.25, -0.2) is 4.98 Å². The van der Waals surface area contributed by atoms with E-state index in [2.05, 4.69) is 10.3 Å². The Hall–Kier alpha value is -3.24. The lowest BCUT2D eigenvalue weighted by atomic mass is 9.97. The molecule has 2 aromatic carbocycles. The number of aromatic nitrogens is 1. The number of carbonyl (C=O) groups is 2. The van der Waals surface area contributed by atoms with E-state index in [9.17, 15) is 22.8 Å². The van der Waals surface area contributed by atoms with E-state index in [1.54, 1.807) is 35.7 Å². The van der Waals surface area contributed by atoms with Gasteiger partial charge in [-0.3, -0.25) is 9.59 Å². The second-order valence-corrected chi connectivity index (χ2v) is 9.64. The summed E-state index contributed by atoms with van der Waals surface area (Å²) in [6.07, 6.45) is -2.54. The van der Waals surface area contributed by atoms with Gasteiger partial charge in [-0.15, -0.1) is 11.3 Å². The first kappa shape index (κ1) is 26.8. The predicted molar refractivity (Wildman–Crippen MR) is 137 cm³/mol. The van der Waals surface area contributed by atoms with Crippen LogP contribution in [0.25, 0.3) is 11.1 Å². The Labute approximate surface area is 217 Å². The maximum atomic E-state index is 13.2. The molecule has 10 heteroatoms. The van der Waals surface area contributed by atoms with E-state index >= 15 is 0 Å². The number of piperidine rings is 1. The standard InChI is InChI=1S/C27H28F3N3O3S/c1-2-36-15-12-24(34)33-13-10-18(11-14-33)26-32-23(17-37-26)25(35)31-22-9-4-3-8-21(22)19-6-5-7-20(16-19)27(28,29)30/h3-9,16-18H,2,10-15H2,1H3,(H,31,35). The maximum Gasteiger partial charge on any atom is 0.416 e. The number of thiazole rings is 1. The Kier molecular flexibility index (Phi) is 8.60. The van der Waals surface area contributed by atoms with Gasteiger partial charge in [0, 0.05) is 42.2 Å². The van der Waals surface area contributed by atoms with E-state index in [1.807, 2.05) is 11.8 Å². The molecule has 0 atom stereocenters. The maximum absolute atomic E-state index is 13.2. The molecule has 196 valence electrons. The van der Waals surface area contributed by atoms with Gasteiger partial charge in [-0.05, 0) is 43.5 Å². The fourth-order valence-electron chi connectivity index (χ4n) is 4.31. The van der Waals surface area contributed by atoms with Gasteiger partial charge in [0.25, 0.3) is 5.91 Å². The van der Waals surface area contributed by atoms with Crippen LogP contribution in [0, 0.1) is 0 Å². The lowest BCUT2D eigenvalue weighted by molar-refractivity contribution is -0.137. The summed E-state index contributed by atoms with van der Waals surface area (Å²) >= 11 is 1.41. The molecule has 0 unspecified atom stereocenters. The van der Waals surface area contributed by atoms with Crippen LogP contribution in [0.4, 0.5) is 18.9 Å². The molecule has 1 aliphatic rings. The summed E-state index contributed by atoms with van der Waals surface area (Å²) in [7, 11) is 0. The third-order valence-corrected chi connectivity index (χ3v) is 7.30. The summed E-state index contributed by atoms with van der Waals surface area (Å²) in [4.78, 5) is 31.7. The zero-order chi connectivity index (χ0) is 26.4. The molecule has 0 spiro atoms. The number of para-hydroxylation sites is 1. The highest BCUT2D eigenvalue weighted by Crippen LogP contribution is 2.35. The second kappa shape index (κ2) is 11.9. The molecule has 1 aliphatic heterocycles. The molecule has 0 aliphatic carbocycles. The fraction of sp³-hybridized carbons (Fsp3) is 0.370. The van der Waals surface area contributed by atoms with Crippen LogP contribution in [0.15, 0.2) is 53.9 Å². The largest absolute Gasteiger partial charge is 0.416 e. The van der Waals surface area contributed by atoms with Crippen LogP contribution >= 0.6 is 11.3 Å². The minimum Gasteiger partial charge on any atom is -0.381 e. The van der Waals surface area contributed by atoms with E-state index in [0.29, 0.717) is 49.5 Å². The summed E-state index contributed by atoms with van der Waals surface area (Å²) in [6, 6.07) is 11.8. The van der Waals surface area contributed by atoms with E-state index in [1.165, 1.54) is 17.4 Å². The van der Waals surface area contributed by atoms with Crippen molar-refractivity contribution in [3.05, 3.63) is 70.2 Å². The third-order valence-electron chi connectivity index (χ3n) is 6.29. The molecule has 3 aromatic rings. The number of alkyl halides is 3. The molecule has 0 saturated carbocycles. The molecule has 0 bridgehead atoms. The van der Waals surface area contributed by atoms with Gasteiger partial charge in [0.2, 0.25) is 5.91 Å². The summed E-state index contributed by atoms with van der Waals surface area (Å²) in [6.45, 7) is 4.19. The third kappa shape index (κ3) is 6.75. The predicted octanol–water partition coefficient (Wildman–Crippen LogP) is 6.21. The molecule has 4 rings (SSSR count). The Bertz CT molecular complexity index is 1240. The van der Waals surface area contributed by atoms with Gasteiger partial charge in [-0.2, -0.15) is 13.2 Å². The molecule has 37 heavy (non-hydrogen) atoms. The summed E-state index contributed by atoms with van der Waals surface area (Å²) in [5.41, 5.74) is 0.748. The van der Waals surface area contributed by atoms with Gasteiger partial charge in [0.05, 0.1) is 23.6 Å². The Balaban J connectivity index is 1.40. The van der Waals surface area contributed by atoms with Crippen molar-refractivity contribution in [3.8, 4) is 11.1 Å². The normalized spacial score (nSPS) is 14.5. The number of nitrogens with zero attached hydrogens (tertiary/aromatic N) is 2.